The molecule has 0 unspecified atom stereocenters. The van der Waals surface area contributed by atoms with Gasteiger partial charge in [0.1, 0.15) is 0 Å². The molecule has 0 aliphatic carbocycles. The summed E-state index contributed by atoms with van der Waals surface area (Å²) in [5.41, 5.74) is 1.72. The number of rotatable bonds is 6. The summed E-state index contributed by atoms with van der Waals surface area (Å²) in [4.78, 5) is 30.8. The second-order valence-electron chi connectivity index (χ2n) is 5.30. The van der Waals surface area contributed by atoms with Crippen molar-refractivity contribution in [3.8, 4) is 11.4 Å². The van der Waals surface area contributed by atoms with Gasteiger partial charge in [0, 0.05) is 35.3 Å². The second-order valence-corrected chi connectivity index (χ2v) is 6.24. The second kappa shape index (κ2) is 7.74. The largest absolute Gasteiger partial charge is 0.325 e. The van der Waals surface area contributed by atoms with Crippen LogP contribution >= 0.6 is 11.8 Å². The molecule has 0 atom stereocenters. The Balaban J connectivity index is 1.59. The Morgan fingerprint density at radius 1 is 1.31 bits per heavy atom. The van der Waals surface area contributed by atoms with E-state index in [1.54, 1.807) is 43.6 Å². The van der Waals surface area contributed by atoms with Gasteiger partial charge in [0.25, 0.3) is 5.69 Å². The van der Waals surface area contributed by atoms with Crippen LogP contribution < -0.4 is 5.32 Å². The number of anilines is 1. The molecule has 1 amide bonds. The first-order chi connectivity index (χ1) is 12.5. The Hall–Kier alpha value is -3.27. The predicted molar refractivity (Wildman–Crippen MR) is 96.8 cm³/mol. The Morgan fingerprint density at radius 3 is 2.81 bits per heavy atom. The number of aromatic nitrogens is 4. The van der Waals surface area contributed by atoms with Crippen molar-refractivity contribution in [3.63, 3.8) is 0 Å². The topological polar surface area (TPSA) is 127 Å². The van der Waals surface area contributed by atoms with Gasteiger partial charge in [-0.25, -0.2) is 4.98 Å². The van der Waals surface area contributed by atoms with Gasteiger partial charge in [-0.3, -0.25) is 25.0 Å². The number of benzene rings is 1. The minimum Gasteiger partial charge on any atom is -0.325 e. The van der Waals surface area contributed by atoms with Crippen molar-refractivity contribution in [2.24, 2.45) is 0 Å². The third-order valence-corrected chi connectivity index (χ3v) is 4.29. The minimum absolute atomic E-state index is 0.0357. The zero-order valence-electron chi connectivity index (χ0n) is 13.7. The number of nitrogens with zero attached hydrogens (tertiary/aromatic N) is 4. The first-order valence-electron chi connectivity index (χ1n) is 7.53. The van der Waals surface area contributed by atoms with Gasteiger partial charge in [-0.2, -0.15) is 0 Å². The number of nitro benzene ring substituents is 1. The Kier molecular flexibility index (Phi) is 5.23. The van der Waals surface area contributed by atoms with Gasteiger partial charge in [0.15, 0.2) is 5.82 Å². The maximum atomic E-state index is 12.1. The average Bonchev–Trinajstić information content (AvgIpc) is 3.11. The van der Waals surface area contributed by atoms with E-state index in [9.17, 15) is 14.9 Å². The van der Waals surface area contributed by atoms with Crippen LogP contribution in [0, 0.1) is 17.0 Å². The maximum Gasteiger partial charge on any atom is 0.274 e. The zero-order chi connectivity index (χ0) is 18.5. The van der Waals surface area contributed by atoms with Crippen LogP contribution in [-0.4, -0.2) is 36.7 Å². The minimum atomic E-state index is -0.478. The molecule has 0 spiro atoms. The van der Waals surface area contributed by atoms with E-state index >= 15 is 0 Å². The van der Waals surface area contributed by atoms with E-state index in [4.69, 9.17) is 0 Å². The molecular formula is C16H14N6O3S. The summed E-state index contributed by atoms with van der Waals surface area (Å²) in [6.45, 7) is 1.64. The molecule has 3 rings (SSSR count). The lowest BCUT2D eigenvalue weighted by atomic mass is 10.2. The van der Waals surface area contributed by atoms with Crippen molar-refractivity contribution in [2.45, 2.75) is 12.1 Å². The number of thioether (sulfide) groups is 1. The van der Waals surface area contributed by atoms with Gasteiger partial charge >= 0.3 is 0 Å². The molecule has 132 valence electrons. The molecule has 9 nitrogen and oxygen atoms in total. The Labute approximate surface area is 152 Å². The highest BCUT2D eigenvalue weighted by molar-refractivity contribution is 7.99. The van der Waals surface area contributed by atoms with Crippen LogP contribution in [0.3, 0.4) is 0 Å². The van der Waals surface area contributed by atoms with Crippen LogP contribution in [0.2, 0.25) is 0 Å². The van der Waals surface area contributed by atoms with Crippen molar-refractivity contribution in [1.82, 2.24) is 20.2 Å². The van der Waals surface area contributed by atoms with E-state index in [1.165, 1.54) is 6.07 Å². The first-order valence-corrected chi connectivity index (χ1v) is 8.52. The lowest BCUT2D eigenvalue weighted by molar-refractivity contribution is -0.385. The van der Waals surface area contributed by atoms with Gasteiger partial charge in [0.2, 0.25) is 11.1 Å². The highest BCUT2D eigenvalue weighted by Gasteiger charge is 2.13. The third kappa shape index (κ3) is 4.22. The van der Waals surface area contributed by atoms with Gasteiger partial charge < -0.3 is 5.32 Å². The molecule has 0 radical (unpaired) electrons. The van der Waals surface area contributed by atoms with Crippen LogP contribution in [0.5, 0.6) is 0 Å². The van der Waals surface area contributed by atoms with Crippen LogP contribution in [-0.2, 0) is 4.79 Å². The molecule has 0 bridgehead atoms. The number of hydrogen-bond donors (Lipinski definition) is 2. The van der Waals surface area contributed by atoms with Crippen molar-refractivity contribution in [2.75, 3.05) is 11.1 Å². The molecule has 1 aromatic carbocycles. The van der Waals surface area contributed by atoms with Gasteiger partial charge in [0.05, 0.1) is 10.7 Å². The van der Waals surface area contributed by atoms with Crippen molar-refractivity contribution < 1.29 is 9.72 Å². The number of H-pyrrole nitrogens is 1. The van der Waals surface area contributed by atoms with Crippen LogP contribution in [0.1, 0.15) is 5.56 Å². The average molecular weight is 370 g/mol. The summed E-state index contributed by atoms with van der Waals surface area (Å²) in [5, 5.41) is 20.9. The SMILES string of the molecule is Cc1ccc(NC(=O)CSc2n[nH]c(-c3ccncc3)n2)cc1[N+](=O)[O-]. The predicted octanol–water partition coefficient (Wildman–Crippen LogP) is 2.81. The van der Waals surface area contributed by atoms with E-state index < -0.39 is 4.92 Å². The number of pyridine rings is 1. The first kappa shape index (κ1) is 17.5. The zero-order valence-corrected chi connectivity index (χ0v) is 14.5. The normalized spacial score (nSPS) is 10.5. The Bertz CT molecular complexity index is 944. The highest BCUT2D eigenvalue weighted by atomic mass is 32.2. The highest BCUT2D eigenvalue weighted by Crippen LogP contribution is 2.23. The standard InChI is InChI=1S/C16H14N6O3S/c1-10-2-3-12(8-13(10)22(24)25)18-14(23)9-26-16-19-15(20-21-16)11-4-6-17-7-5-11/h2-8H,9H2,1H3,(H,18,23)(H,19,20,21). The van der Waals surface area contributed by atoms with E-state index in [2.05, 4.69) is 25.5 Å². The maximum absolute atomic E-state index is 12.1. The number of hydrogen-bond acceptors (Lipinski definition) is 7. The fourth-order valence-corrected chi connectivity index (χ4v) is 2.76. The lowest BCUT2D eigenvalue weighted by Gasteiger charge is -2.05. The summed E-state index contributed by atoms with van der Waals surface area (Å²) in [5.74, 6) is 0.364. The van der Waals surface area contributed by atoms with Crippen molar-refractivity contribution in [3.05, 3.63) is 58.4 Å². The van der Waals surface area contributed by atoms with Crippen LogP contribution in [0.25, 0.3) is 11.4 Å². The number of carbonyl (C=O) groups is 1. The lowest BCUT2D eigenvalue weighted by Crippen LogP contribution is -2.14. The number of carbonyl (C=O) groups excluding carboxylic acids is 1. The van der Waals surface area contributed by atoms with Crippen LogP contribution in [0.15, 0.2) is 47.9 Å². The number of nitro groups is 1. The summed E-state index contributed by atoms with van der Waals surface area (Å²) in [6.07, 6.45) is 3.30. The van der Waals surface area contributed by atoms with Gasteiger partial charge in [-0.15, -0.1) is 5.10 Å². The molecule has 0 aliphatic heterocycles. The molecule has 26 heavy (non-hydrogen) atoms. The van der Waals surface area contributed by atoms with E-state index in [-0.39, 0.29) is 17.3 Å². The Morgan fingerprint density at radius 2 is 2.08 bits per heavy atom. The summed E-state index contributed by atoms with van der Waals surface area (Å²) >= 11 is 1.16. The summed E-state index contributed by atoms with van der Waals surface area (Å²) in [7, 11) is 0. The van der Waals surface area contributed by atoms with Gasteiger partial charge in [-0.1, -0.05) is 17.8 Å². The fourth-order valence-electron chi connectivity index (χ4n) is 2.16. The number of aryl methyl sites for hydroxylation is 1. The monoisotopic (exact) mass is 370 g/mol. The molecular weight excluding hydrogens is 356 g/mol. The number of aromatic amines is 1. The molecule has 2 N–H and O–H groups in total. The molecule has 10 heteroatoms. The van der Waals surface area contributed by atoms with E-state index in [0.29, 0.717) is 22.2 Å². The fraction of sp³-hybridized carbons (Fsp3) is 0.125. The molecule has 0 aliphatic rings. The van der Waals surface area contributed by atoms with Gasteiger partial charge in [-0.05, 0) is 25.1 Å². The summed E-state index contributed by atoms with van der Waals surface area (Å²) < 4.78 is 0. The quantitative estimate of drug-likeness (QED) is 0.388. The van der Waals surface area contributed by atoms with Crippen LogP contribution in [0.4, 0.5) is 11.4 Å². The molecule has 3 aromatic rings. The van der Waals surface area contributed by atoms with Crippen molar-refractivity contribution >= 4 is 29.0 Å². The molecule has 0 fully saturated rings. The summed E-state index contributed by atoms with van der Waals surface area (Å²) in [6, 6.07) is 8.15. The number of amides is 1. The molecule has 0 saturated heterocycles. The molecule has 2 aromatic heterocycles. The smallest absolute Gasteiger partial charge is 0.274 e. The van der Waals surface area contributed by atoms with Crippen molar-refractivity contribution in [1.29, 1.82) is 0 Å². The van der Waals surface area contributed by atoms with E-state index in [0.717, 1.165) is 17.3 Å². The van der Waals surface area contributed by atoms with E-state index in [1.807, 2.05) is 0 Å². The molecule has 0 saturated carbocycles. The third-order valence-electron chi connectivity index (χ3n) is 3.44. The number of nitrogens with one attached hydrogen (secondary N) is 2. The molecule has 2 heterocycles.